The summed E-state index contributed by atoms with van der Waals surface area (Å²) in [5.41, 5.74) is 2.67. The number of nitrogens with zero attached hydrogens (tertiary/aromatic N) is 1. The number of hydrogen-bond acceptors (Lipinski definition) is 4. The van der Waals surface area contributed by atoms with E-state index in [9.17, 15) is 14.4 Å². The first-order valence-electron chi connectivity index (χ1n) is 8.30. The van der Waals surface area contributed by atoms with E-state index in [1.807, 2.05) is 31.2 Å². The molecular formula is C20H22N2O4. The third-order valence-electron chi connectivity index (χ3n) is 3.95. The van der Waals surface area contributed by atoms with Crippen LogP contribution in [0.1, 0.15) is 29.8 Å². The highest BCUT2D eigenvalue weighted by molar-refractivity contribution is 6.02. The Bertz CT molecular complexity index is 800. The first-order valence-corrected chi connectivity index (χ1v) is 8.30. The van der Waals surface area contributed by atoms with Gasteiger partial charge in [-0.05, 0) is 42.3 Å². The van der Waals surface area contributed by atoms with Crippen molar-refractivity contribution in [3.63, 3.8) is 0 Å². The molecule has 2 amide bonds. The zero-order valence-electron chi connectivity index (χ0n) is 15.1. The largest absolute Gasteiger partial charge is 0.465 e. The first kappa shape index (κ1) is 19.2. The van der Waals surface area contributed by atoms with Gasteiger partial charge in [0, 0.05) is 18.3 Å². The number of carbonyl (C=O) groups is 3. The summed E-state index contributed by atoms with van der Waals surface area (Å²) >= 11 is 0. The van der Waals surface area contributed by atoms with Crippen LogP contribution in [0.2, 0.25) is 0 Å². The maximum absolute atomic E-state index is 12.4. The molecule has 6 heteroatoms. The quantitative estimate of drug-likeness (QED) is 0.809. The van der Waals surface area contributed by atoms with Crippen LogP contribution in [0.5, 0.6) is 0 Å². The Kier molecular flexibility index (Phi) is 6.49. The minimum Gasteiger partial charge on any atom is -0.465 e. The van der Waals surface area contributed by atoms with E-state index in [1.54, 1.807) is 24.3 Å². The topological polar surface area (TPSA) is 75.7 Å². The molecule has 1 N–H and O–H groups in total. The Morgan fingerprint density at radius 2 is 1.69 bits per heavy atom. The number of amides is 2. The molecule has 0 aliphatic carbocycles. The van der Waals surface area contributed by atoms with E-state index in [2.05, 4.69) is 10.1 Å². The van der Waals surface area contributed by atoms with Crippen LogP contribution in [0.4, 0.5) is 11.4 Å². The molecule has 0 aliphatic heterocycles. The van der Waals surface area contributed by atoms with Crippen LogP contribution in [-0.4, -0.2) is 31.4 Å². The van der Waals surface area contributed by atoms with Crippen molar-refractivity contribution in [1.82, 2.24) is 0 Å². The summed E-state index contributed by atoms with van der Waals surface area (Å²) in [5.74, 6) is -1.02. The lowest BCUT2D eigenvalue weighted by Gasteiger charge is -2.21. The summed E-state index contributed by atoms with van der Waals surface area (Å²) < 4.78 is 4.65. The molecule has 0 heterocycles. The third kappa shape index (κ3) is 4.69. The molecule has 0 unspecified atom stereocenters. The Balaban J connectivity index is 2.14. The summed E-state index contributed by atoms with van der Waals surface area (Å²) in [5, 5.41) is 2.85. The lowest BCUT2D eigenvalue weighted by atomic mass is 10.1. The predicted molar refractivity (Wildman–Crippen MR) is 100 cm³/mol. The van der Waals surface area contributed by atoms with E-state index in [0.717, 1.165) is 17.7 Å². The van der Waals surface area contributed by atoms with Crippen LogP contribution in [0.25, 0.3) is 0 Å². The zero-order chi connectivity index (χ0) is 19.1. The normalized spacial score (nSPS) is 10.1. The van der Waals surface area contributed by atoms with Crippen LogP contribution < -0.4 is 10.2 Å². The molecule has 0 atom stereocenters. The number of carbonyl (C=O) groups excluding carboxylic acids is 3. The van der Waals surface area contributed by atoms with Crippen molar-refractivity contribution in [2.45, 2.75) is 20.3 Å². The molecule has 0 saturated heterocycles. The maximum atomic E-state index is 12.4. The van der Waals surface area contributed by atoms with E-state index in [4.69, 9.17) is 0 Å². The summed E-state index contributed by atoms with van der Waals surface area (Å²) in [6.45, 7) is 3.28. The highest BCUT2D eigenvalue weighted by Crippen LogP contribution is 2.18. The highest BCUT2D eigenvalue weighted by atomic mass is 16.5. The average molecular weight is 354 g/mol. The van der Waals surface area contributed by atoms with Gasteiger partial charge in [0.1, 0.15) is 6.54 Å². The van der Waals surface area contributed by atoms with Crippen LogP contribution in [0.3, 0.4) is 0 Å². The molecule has 2 rings (SSSR count). The van der Waals surface area contributed by atoms with Crippen molar-refractivity contribution in [3.8, 4) is 0 Å². The first-order chi connectivity index (χ1) is 12.5. The second-order valence-electron chi connectivity index (χ2n) is 5.70. The fourth-order valence-corrected chi connectivity index (χ4v) is 2.56. The molecule has 0 aromatic heterocycles. The van der Waals surface area contributed by atoms with Gasteiger partial charge in [0.15, 0.2) is 0 Å². The third-order valence-corrected chi connectivity index (χ3v) is 3.95. The van der Waals surface area contributed by atoms with Gasteiger partial charge in [0.2, 0.25) is 11.8 Å². The van der Waals surface area contributed by atoms with E-state index in [1.165, 1.54) is 18.9 Å². The van der Waals surface area contributed by atoms with Gasteiger partial charge < -0.3 is 15.0 Å². The standard InChI is InChI=1S/C20H22N2O4/c1-4-15-7-5-6-8-18(15)21-19(24)13-22(14(2)23)17-11-9-16(10-12-17)20(25)26-3/h5-12H,4,13H2,1-3H3,(H,21,24). The SMILES string of the molecule is CCc1ccccc1NC(=O)CN(C(C)=O)c1ccc(C(=O)OC)cc1. The molecule has 2 aromatic carbocycles. The minimum absolute atomic E-state index is 0.120. The van der Waals surface area contributed by atoms with Gasteiger partial charge in [-0.15, -0.1) is 0 Å². The molecule has 6 nitrogen and oxygen atoms in total. The van der Waals surface area contributed by atoms with Crippen LogP contribution >= 0.6 is 0 Å². The summed E-state index contributed by atoms with van der Waals surface area (Å²) in [7, 11) is 1.30. The number of nitrogens with one attached hydrogen (secondary N) is 1. The molecule has 136 valence electrons. The minimum atomic E-state index is -0.458. The van der Waals surface area contributed by atoms with E-state index >= 15 is 0 Å². The van der Waals surface area contributed by atoms with Crippen molar-refractivity contribution >= 4 is 29.2 Å². The summed E-state index contributed by atoms with van der Waals surface area (Å²) in [4.78, 5) is 37.3. The fourth-order valence-electron chi connectivity index (χ4n) is 2.56. The Morgan fingerprint density at radius 3 is 2.27 bits per heavy atom. The van der Waals surface area contributed by atoms with Gasteiger partial charge >= 0.3 is 5.97 Å². The van der Waals surface area contributed by atoms with Gasteiger partial charge in [0.25, 0.3) is 0 Å². The molecule has 0 bridgehead atoms. The number of para-hydroxylation sites is 1. The number of hydrogen-bond donors (Lipinski definition) is 1. The molecule has 2 aromatic rings. The monoisotopic (exact) mass is 354 g/mol. The van der Waals surface area contributed by atoms with Gasteiger partial charge in [-0.2, -0.15) is 0 Å². The van der Waals surface area contributed by atoms with Crippen molar-refractivity contribution in [2.75, 3.05) is 23.9 Å². The van der Waals surface area contributed by atoms with E-state index < -0.39 is 5.97 Å². The average Bonchev–Trinajstić information content (AvgIpc) is 2.66. The molecular weight excluding hydrogens is 332 g/mol. The molecule has 0 radical (unpaired) electrons. The van der Waals surface area contributed by atoms with Crippen molar-refractivity contribution in [2.24, 2.45) is 0 Å². The number of benzene rings is 2. The smallest absolute Gasteiger partial charge is 0.337 e. The second-order valence-corrected chi connectivity index (χ2v) is 5.70. The van der Waals surface area contributed by atoms with Crippen LogP contribution in [0.15, 0.2) is 48.5 Å². The van der Waals surface area contributed by atoms with E-state index in [-0.39, 0.29) is 18.4 Å². The predicted octanol–water partition coefficient (Wildman–Crippen LogP) is 3.03. The van der Waals surface area contributed by atoms with Crippen LogP contribution in [0, 0.1) is 0 Å². The molecule has 0 saturated carbocycles. The van der Waals surface area contributed by atoms with Gasteiger partial charge in [0.05, 0.1) is 12.7 Å². The summed E-state index contributed by atoms with van der Waals surface area (Å²) in [6, 6.07) is 13.9. The number of anilines is 2. The molecule has 0 spiro atoms. The Labute approximate surface area is 152 Å². The number of esters is 1. The molecule has 0 aliphatic rings. The second kappa shape index (κ2) is 8.80. The van der Waals surface area contributed by atoms with E-state index in [0.29, 0.717) is 11.3 Å². The Morgan fingerprint density at radius 1 is 1.04 bits per heavy atom. The number of methoxy groups -OCH3 is 1. The lowest BCUT2D eigenvalue weighted by molar-refractivity contribution is -0.120. The zero-order valence-corrected chi connectivity index (χ0v) is 15.1. The van der Waals surface area contributed by atoms with Crippen molar-refractivity contribution in [1.29, 1.82) is 0 Å². The number of aryl methyl sites for hydroxylation is 1. The maximum Gasteiger partial charge on any atom is 0.337 e. The molecule has 26 heavy (non-hydrogen) atoms. The van der Waals surface area contributed by atoms with Gasteiger partial charge in [-0.3, -0.25) is 9.59 Å². The van der Waals surface area contributed by atoms with Gasteiger partial charge in [-0.25, -0.2) is 4.79 Å². The lowest BCUT2D eigenvalue weighted by Crippen LogP contribution is -2.36. The van der Waals surface area contributed by atoms with Crippen molar-refractivity contribution in [3.05, 3.63) is 59.7 Å². The number of ether oxygens (including phenoxy) is 1. The van der Waals surface area contributed by atoms with Crippen molar-refractivity contribution < 1.29 is 19.1 Å². The Hall–Kier alpha value is -3.15. The number of rotatable bonds is 6. The van der Waals surface area contributed by atoms with Gasteiger partial charge in [-0.1, -0.05) is 25.1 Å². The van der Waals surface area contributed by atoms with Crippen LogP contribution in [-0.2, 0) is 20.7 Å². The summed E-state index contributed by atoms with van der Waals surface area (Å²) in [6.07, 6.45) is 0.794. The highest BCUT2D eigenvalue weighted by Gasteiger charge is 2.17. The fraction of sp³-hybridized carbons (Fsp3) is 0.250. The molecule has 0 fully saturated rings.